The molecule has 0 aliphatic carbocycles. The summed E-state index contributed by atoms with van der Waals surface area (Å²) in [5, 5.41) is 15.0. The molecule has 3 aromatic carbocycles. The van der Waals surface area contributed by atoms with Crippen molar-refractivity contribution in [2.75, 3.05) is 5.75 Å². The highest BCUT2D eigenvalue weighted by molar-refractivity contribution is 8.03. The van der Waals surface area contributed by atoms with Crippen LogP contribution in [0, 0.1) is 0 Å². The predicted octanol–water partition coefficient (Wildman–Crippen LogP) is 6.52. The van der Waals surface area contributed by atoms with E-state index in [-0.39, 0.29) is 17.1 Å². The van der Waals surface area contributed by atoms with Gasteiger partial charge in [0.15, 0.2) is 8.68 Å². The Hall–Kier alpha value is -2.68. The first-order valence-electron chi connectivity index (χ1n) is 10.9. The van der Waals surface area contributed by atoms with Crippen LogP contribution in [0.25, 0.3) is 10.8 Å². The number of amides is 1. The monoisotopic (exact) mass is 506 g/mol. The van der Waals surface area contributed by atoms with Crippen molar-refractivity contribution in [3.05, 3.63) is 83.4 Å². The molecule has 0 radical (unpaired) electrons. The summed E-state index contributed by atoms with van der Waals surface area (Å²) in [6.45, 7) is 6.54. The fraction of sp³-hybridized carbons (Fsp3) is 0.231. The lowest BCUT2D eigenvalue weighted by Gasteiger charge is -2.18. The molecule has 1 amide bonds. The van der Waals surface area contributed by atoms with Gasteiger partial charge in [0.2, 0.25) is 0 Å². The van der Waals surface area contributed by atoms with Gasteiger partial charge in [-0.3, -0.25) is 4.79 Å². The molecule has 0 saturated heterocycles. The molecule has 1 aromatic heterocycles. The molecule has 0 spiro atoms. The third-order valence-corrected chi connectivity index (χ3v) is 8.36. The van der Waals surface area contributed by atoms with Crippen LogP contribution in [0.5, 0.6) is 0 Å². The summed E-state index contributed by atoms with van der Waals surface area (Å²) in [7, 11) is 0. The van der Waals surface area contributed by atoms with Gasteiger partial charge in [0.25, 0.3) is 5.91 Å². The number of hydrazone groups is 1. The number of aromatic nitrogens is 2. The molecule has 5 nitrogen and oxygen atoms in total. The van der Waals surface area contributed by atoms with Crippen molar-refractivity contribution in [1.82, 2.24) is 15.6 Å². The SMILES string of the molecule is CC(C)(C)c1ccc(/C=N\NC(=O)CSc2nnc(SCc3cccc4ccccc34)s2)cc1. The van der Waals surface area contributed by atoms with Crippen molar-refractivity contribution in [2.24, 2.45) is 5.10 Å². The van der Waals surface area contributed by atoms with Crippen molar-refractivity contribution in [1.29, 1.82) is 0 Å². The summed E-state index contributed by atoms with van der Waals surface area (Å²) < 4.78 is 1.67. The Morgan fingerprint density at radius 3 is 2.44 bits per heavy atom. The number of carbonyl (C=O) groups excluding carboxylic acids is 1. The smallest absolute Gasteiger partial charge is 0.250 e. The zero-order chi connectivity index (χ0) is 24.0. The Kier molecular flexibility index (Phi) is 8.03. The normalized spacial score (nSPS) is 11.9. The summed E-state index contributed by atoms with van der Waals surface area (Å²) in [6.07, 6.45) is 1.65. The Morgan fingerprint density at radius 1 is 0.971 bits per heavy atom. The van der Waals surface area contributed by atoms with Crippen molar-refractivity contribution < 1.29 is 4.79 Å². The average Bonchev–Trinajstić information content (AvgIpc) is 3.29. The van der Waals surface area contributed by atoms with E-state index in [1.54, 1.807) is 18.0 Å². The molecule has 0 unspecified atom stereocenters. The molecule has 0 bridgehead atoms. The first-order chi connectivity index (χ1) is 16.4. The number of thioether (sulfide) groups is 2. The van der Waals surface area contributed by atoms with E-state index in [0.717, 1.165) is 20.0 Å². The Balaban J connectivity index is 1.23. The van der Waals surface area contributed by atoms with Gasteiger partial charge in [0, 0.05) is 5.75 Å². The lowest BCUT2D eigenvalue weighted by molar-refractivity contribution is -0.118. The van der Waals surface area contributed by atoms with Gasteiger partial charge < -0.3 is 0 Å². The predicted molar refractivity (Wildman–Crippen MR) is 145 cm³/mol. The first-order valence-corrected chi connectivity index (χ1v) is 13.7. The highest BCUT2D eigenvalue weighted by Gasteiger charge is 2.12. The standard InChI is InChI=1S/C26H26N4OS3/c1-26(2,3)21-13-11-18(12-14-21)15-27-28-23(31)17-33-25-30-29-24(34-25)32-16-20-9-6-8-19-7-4-5-10-22(19)20/h4-15H,16-17H2,1-3H3,(H,28,31)/b27-15-. The van der Waals surface area contributed by atoms with E-state index < -0.39 is 0 Å². The second-order valence-electron chi connectivity index (χ2n) is 8.71. The van der Waals surface area contributed by atoms with Gasteiger partial charge in [-0.2, -0.15) is 5.10 Å². The van der Waals surface area contributed by atoms with Crippen LogP contribution in [0.2, 0.25) is 0 Å². The topological polar surface area (TPSA) is 67.2 Å². The van der Waals surface area contributed by atoms with E-state index in [9.17, 15) is 4.79 Å². The lowest BCUT2D eigenvalue weighted by Crippen LogP contribution is -2.19. The third-order valence-electron chi connectivity index (χ3n) is 5.13. The largest absolute Gasteiger partial charge is 0.272 e. The molecule has 8 heteroatoms. The Morgan fingerprint density at radius 2 is 1.68 bits per heavy atom. The summed E-state index contributed by atoms with van der Waals surface area (Å²) in [5.74, 6) is 0.892. The molecule has 0 aliphatic rings. The van der Waals surface area contributed by atoms with Crippen LogP contribution in [-0.4, -0.2) is 28.1 Å². The van der Waals surface area contributed by atoms with Crippen LogP contribution >= 0.6 is 34.9 Å². The van der Waals surface area contributed by atoms with Gasteiger partial charge in [-0.25, -0.2) is 5.43 Å². The number of nitrogens with zero attached hydrogens (tertiary/aromatic N) is 3. The molecule has 0 atom stereocenters. The minimum Gasteiger partial charge on any atom is -0.272 e. The number of hydrogen-bond donors (Lipinski definition) is 1. The maximum atomic E-state index is 12.1. The van der Waals surface area contributed by atoms with E-state index in [0.29, 0.717) is 0 Å². The second kappa shape index (κ2) is 11.2. The molecule has 1 N–H and O–H groups in total. The maximum Gasteiger partial charge on any atom is 0.250 e. The molecule has 0 aliphatic heterocycles. The van der Waals surface area contributed by atoms with E-state index in [1.165, 1.54) is 45.0 Å². The van der Waals surface area contributed by atoms with Crippen molar-refractivity contribution >= 4 is 57.8 Å². The number of hydrogen-bond acceptors (Lipinski definition) is 7. The molecule has 34 heavy (non-hydrogen) atoms. The molecule has 4 aromatic rings. The summed E-state index contributed by atoms with van der Waals surface area (Å²) in [6, 6.07) is 22.9. The fourth-order valence-corrected chi connectivity index (χ4v) is 6.10. The molecule has 4 rings (SSSR count). The Bertz CT molecular complexity index is 1290. The average molecular weight is 507 g/mol. The van der Waals surface area contributed by atoms with Gasteiger partial charge in [-0.05, 0) is 32.9 Å². The second-order valence-corrected chi connectivity index (χ2v) is 12.1. The highest BCUT2D eigenvalue weighted by Crippen LogP contribution is 2.32. The fourth-order valence-electron chi connectivity index (χ4n) is 3.28. The number of fused-ring (bicyclic) bond motifs is 1. The summed E-state index contributed by atoms with van der Waals surface area (Å²) in [5.41, 5.74) is 6.17. The highest BCUT2D eigenvalue weighted by atomic mass is 32.2. The minimum atomic E-state index is -0.173. The van der Waals surface area contributed by atoms with Crippen molar-refractivity contribution in [3.63, 3.8) is 0 Å². The van der Waals surface area contributed by atoms with Gasteiger partial charge in [0.1, 0.15) is 0 Å². The van der Waals surface area contributed by atoms with Crippen LogP contribution in [-0.2, 0) is 16.0 Å². The van der Waals surface area contributed by atoms with Gasteiger partial charge in [-0.15, -0.1) is 10.2 Å². The van der Waals surface area contributed by atoms with Crippen molar-refractivity contribution in [3.8, 4) is 0 Å². The minimum absolute atomic E-state index is 0.111. The van der Waals surface area contributed by atoms with E-state index in [1.807, 2.05) is 12.1 Å². The third kappa shape index (κ3) is 6.68. The zero-order valence-corrected chi connectivity index (χ0v) is 21.8. The number of rotatable bonds is 8. The summed E-state index contributed by atoms with van der Waals surface area (Å²) >= 11 is 4.54. The van der Waals surface area contributed by atoms with E-state index in [2.05, 4.69) is 96.1 Å². The molecule has 174 valence electrons. The quantitative estimate of drug-likeness (QED) is 0.167. The van der Waals surface area contributed by atoms with Crippen LogP contribution in [0.4, 0.5) is 0 Å². The van der Waals surface area contributed by atoms with E-state index >= 15 is 0 Å². The number of nitrogens with one attached hydrogen (secondary N) is 1. The molecular weight excluding hydrogens is 481 g/mol. The van der Waals surface area contributed by atoms with Gasteiger partial charge in [0.05, 0.1) is 12.0 Å². The molecular formula is C26H26N4OS3. The lowest BCUT2D eigenvalue weighted by atomic mass is 9.87. The Labute approximate surface area is 212 Å². The van der Waals surface area contributed by atoms with Crippen LogP contribution in [0.15, 0.2) is 80.5 Å². The van der Waals surface area contributed by atoms with Crippen LogP contribution < -0.4 is 5.43 Å². The van der Waals surface area contributed by atoms with Crippen LogP contribution in [0.1, 0.15) is 37.5 Å². The number of carbonyl (C=O) groups is 1. The van der Waals surface area contributed by atoms with Crippen molar-refractivity contribution in [2.45, 2.75) is 40.6 Å². The molecule has 0 fully saturated rings. The maximum absolute atomic E-state index is 12.1. The molecule has 0 saturated carbocycles. The van der Waals surface area contributed by atoms with Gasteiger partial charge in [-0.1, -0.05) is 122 Å². The summed E-state index contributed by atoms with van der Waals surface area (Å²) in [4.78, 5) is 12.1. The van der Waals surface area contributed by atoms with Crippen LogP contribution in [0.3, 0.4) is 0 Å². The molecule has 1 heterocycles. The van der Waals surface area contributed by atoms with Gasteiger partial charge >= 0.3 is 0 Å². The first kappa shape index (κ1) is 24.4. The zero-order valence-electron chi connectivity index (χ0n) is 19.3. The van der Waals surface area contributed by atoms with E-state index in [4.69, 9.17) is 0 Å². The number of benzene rings is 3.